The zero-order chi connectivity index (χ0) is 22.9. The fourth-order valence-corrected chi connectivity index (χ4v) is 5.41. The topological polar surface area (TPSA) is 113 Å². The monoisotopic (exact) mass is 496 g/mol. The van der Waals surface area contributed by atoms with Crippen LogP contribution in [-0.4, -0.2) is 44.5 Å². The van der Waals surface area contributed by atoms with Gasteiger partial charge in [-0.1, -0.05) is 22.9 Å². The molecule has 2 heterocycles. The van der Waals surface area contributed by atoms with E-state index in [1.807, 2.05) is 0 Å². The van der Waals surface area contributed by atoms with Gasteiger partial charge in [0.25, 0.3) is 5.91 Å². The summed E-state index contributed by atoms with van der Waals surface area (Å²) in [5.74, 6) is -0.978. The van der Waals surface area contributed by atoms with Crippen LogP contribution in [0.25, 0.3) is 10.2 Å². The Hall–Kier alpha value is -2.89. The van der Waals surface area contributed by atoms with Crippen LogP contribution in [0.4, 0.5) is 0 Å². The number of carbonyl (C=O) groups is 2. The number of methoxy groups -OCH3 is 1. The number of thiazole rings is 1. The number of ether oxygens (including phenoxy) is 3. The Labute approximate surface area is 191 Å². The summed E-state index contributed by atoms with van der Waals surface area (Å²) in [7, 11) is -2.61. The van der Waals surface area contributed by atoms with Crippen LogP contribution >= 0.6 is 22.9 Å². The summed E-state index contributed by atoms with van der Waals surface area (Å²) in [5.41, 5.74) is 0.676. The molecule has 0 unspecified atom stereocenters. The summed E-state index contributed by atoms with van der Waals surface area (Å²) in [6.07, 6.45) is 0.0429. The lowest BCUT2D eigenvalue weighted by Gasteiger charge is -2.05. The minimum Gasteiger partial charge on any atom is -0.469 e. The molecule has 0 bridgehead atoms. The number of benzene rings is 2. The Balaban J connectivity index is 1.70. The van der Waals surface area contributed by atoms with E-state index in [0.29, 0.717) is 22.0 Å². The SMILES string of the molecule is COC(=O)CCn1c(=NC(=O)CS(=O)(=O)c2ccc(Cl)cc2)sc2cc3c(cc21)OCO3. The van der Waals surface area contributed by atoms with Gasteiger partial charge in [-0.2, -0.15) is 4.99 Å². The Kier molecular flexibility index (Phi) is 6.22. The second-order valence-corrected chi connectivity index (χ2v) is 10.2. The average molecular weight is 497 g/mol. The Morgan fingerprint density at radius 1 is 1.19 bits per heavy atom. The molecule has 12 heteroatoms. The number of fused-ring (bicyclic) bond motifs is 2. The van der Waals surface area contributed by atoms with E-state index < -0.39 is 27.5 Å². The Bertz CT molecular complexity index is 1380. The van der Waals surface area contributed by atoms with E-state index in [0.717, 1.165) is 4.70 Å². The number of aromatic nitrogens is 1. The number of aryl methyl sites for hydroxylation is 1. The molecule has 32 heavy (non-hydrogen) atoms. The van der Waals surface area contributed by atoms with Gasteiger partial charge in [0, 0.05) is 23.7 Å². The number of halogens is 1. The zero-order valence-electron chi connectivity index (χ0n) is 16.7. The molecule has 0 N–H and O–H groups in total. The molecule has 3 aromatic rings. The summed E-state index contributed by atoms with van der Waals surface area (Å²) in [6.45, 7) is 0.287. The Morgan fingerprint density at radius 2 is 1.88 bits per heavy atom. The molecule has 1 aromatic heterocycles. The molecule has 0 aliphatic carbocycles. The van der Waals surface area contributed by atoms with Crippen LogP contribution < -0.4 is 14.3 Å². The highest BCUT2D eigenvalue weighted by atomic mass is 35.5. The van der Waals surface area contributed by atoms with Gasteiger partial charge < -0.3 is 18.8 Å². The summed E-state index contributed by atoms with van der Waals surface area (Å²) in [4.78, 5) is 28.5. The van der Waals surface area contributed by atoms with Gasteiger partial charge in [0.05, 0.1) is 28.6 Å². The van der Waals surface area contributed by atoms with Gasteiger partial charge in [0.2, 0.25) is 6.79 Å². The predicted molar refractivity (Wildman–Crippen MR) is 117 cm³/mol. The van der Waals surface area contributed by atoms with E-state index in [-0.39, 0.29) is 29.5 Å². The second kappa shape index (κ2) is 8.93. The fraction of sp³-hybridized carbons (Fsp3) is 0.250. The fourth-order valence-electron chi connectivity index (χ4n) is 3.09. The molecule has 9 nitrogen and oxygen atoms in total. The molecule has 0 radical (unpaired) electrons. The molecule has 1 amide bonds. The first-order chi connectivity index (χ1) is 15.3. The molecule has 0 saturated carbocycles. The quantitative estimate of drug-likeness (QED) is 0.482. The van der Waals surface area contributed by atoms with E-state index in [2.05, 4.69) is 4.99 Å². The van der Waals surface area contributed by atoms with Crippen LogP contribution in [0.15, 0.2) is 46.3 Å². The van der Waals surface area contributed by atoms with Gasteiger partial charge in [0.1, 0.15) is 5.75 Å². The van der Waals surface area contributed by atoms with Crippen LogP contribution in [0, 0.1) is 0 Å². The third-order valence-electron chi connectivity index (χ3n) is 4.65. The van der Waals surface area contributed by atoms with Crippen molar-refractivity contribution in [2.45, 2.75) is 17.9 Å². The number of carbonyl (C=O) groups excluding carboxylic acids is 2. The standard InChI is InChI=1S/C20H17ClN2O7S2/c1-28-19(25)6-7-23-14-8-15-16(30-11-29-15)9-17(14)31-20(23)22-18(24)10-32(26,27)13-4-2-12(21)3-5-13/h2-5,8-9H,6-7,10-11H2,1H3. The smallest absolute Gasteiger partial charge is 0.307 e. The van der Waals surface area contributed by atoms with Crippen LogP contribution in [0.2, 0.25) is 5.02 Å². The molecular weight excluding hydrogens is 480 g/mol. The number of hydrogen-bond acceptors (Lipinski definition) is 8. The molecule has 0 spiro atoms. The molecule has 168 valence electrons. The van der Waals surface area contributed by atoms with E-state index in [4.69, 9.17) is 25.8 Å². The molecule has 1 aliphatic heterocycles. The number of amides is 1. The van der Waals surface area contributed by atoms with Crippen molar-refractivity contribution in [1.29, 1.82) is 0 Å². The Morgan fingerprint density at radius 3 is 2.56 bits per heavy atom. The third kappa shape index (κ3) is 4.64. The lowest BCUT2D eigenvalue weighted by Crippen LogP contribution is -2.22. The number of sulfone groups is 1. The van der Waals surface area contributed by atoms with Crippen molar-refractivity contribution in [3.63, 3.8) is 0 Å². The van der Waals surface area contributed by atoms with Gasteiger partial charge in [-0.15, -0.1) is 0 Å². The van der Waals surface area contributed by atoms with Gasteiger partial charge in [-0.25, -0.2) is 8.42 Å². The summed E-state index contributed by atoms with van der Waals surface area (Å²) in [6, 6.07) is 9.04. The van der Waals surface area contributed by atoms with Crippen molar-refractivity contribution in [1.82, 2.24) is 4.57 Å². The van der Waals surface area contributed by atoms with Crippen molar-refractivity contribution in [3.8, 4) is 11.5 Å². The number of rotatable bonds is 6. The maximum absolute atomic E-state index is 12.6. The lowest BCUT2D eigenvalue weighted by molar-refractivity contribution is -0.140. The molecule has 0 saturated heterocycles. The van der Waals surface area contributed by atoms with Gasteiger partial charge in [0.15, 0.2) is 26.1 Å². The first-order valence-electron chi connectivity index (χ1n) is 9.32. The summed E-state index contributed by atoms with van der Waals surface area (Å²) >= 11 is 6.97. The van der Waals surface area contributed by atoms with Gasteiger partial charge >= 0.3 is 5.97 Å². The normalized spacial score (nSPS) is 13.5. The van der Waals surface area contributed by atoms with Crippen molar-refractivity contribution >= 4 is 54.9 Å². The van der Waals surface area contributed by atoms with E-state index in [9.17, 15) is 18.0 Å². The van der Waals surface area contributed by atoms with Crippen molar-refractivity contribution in [3.05, 3.63) is 46.2 Å². The second-order valence-electron chi connectivity index (χ2n) is 6.75. The van der Waals surface area contributed by atoms with E-state index >= 15 is 0 Å². The molecule has 1 aliphatic rings. The molecule has 0 fully saturated rings. The van der Waals surface area contributed by atoms with Crippen molar-refractivity contribution in [2.24, 2.45) is 4.99 Å². The maximum atomic E-state index is 12.6. The average Bonchev–Trinajstić information content (AvgIpc) is 3.33. The highest BCUT2D eigenvalue weighted by Crippen LogP contribution is 2.37. The third-order valence-corrected chi connectivity index (χ3v) is 7.56. The van der Waals surface area contributed by atoms with Gasteiger partial charge in [-0.3, -0.25) is 9.59 Å². The van der Waals surface area contributed by atoms with Crippen molar-refractivity contribution in [2.75, 3.05) is 19.7 Å². The largest absolute Gasteiger partial charge is 0.469 e. The minimum absolute atomic E-state index is 0.0221. The predicted octanol–water partition coefficient (Wildman–Crippen LogP) is 2.55. The van der Waals surface area contributed by atoms with Crippen LogP contribution in [-0.2, 0) is 30.7 Å². The zero-order valence-corrected chi connectivity index (χ0v) is 19.1. The number of hydrogen-bond donors (Lipinski definition) is 0. The number of esters is 1. The molecule has 2 aromatic carbocycles. The summed E-state index contributed by atoms with van der Waals surface area (Å²) in [5, 5.41) is 0.386. The van der Waals surface area contributed by atoms with E-state index in [1.54, 1.807) is 16.7 Å². The highest BCUT2D eigenvalue weighted by molar-refractivity contribution is 7.92. The summed E-state index contributed by atoms with van der Waals surface area (Å²) < 4.78 is 43.0. The molecular formula is C20H17ClN2O7S2. The highest BCUT2D eigenvalue weighted by Gasteiger charge is 2.21. The number of nitrogens with zero attached hydrogens (tertiary/aromatic N) is 2. The van der Waals surface area contributed by atoms with Crippen LogP contribution in [0.3, 0.4) is 0 Å². The maximum Gasteiger partial charge on any atom is 0.307 e. The van der Waals surface area contributed by atoms with Crippen LogP contribution in [0.5, 0.6) is 11.5 Å². The lowest BCUT2D eigenvalue weighted by atomic mass is 10.3. The van der Waals surface area contributed by atoms with Gasteiger partial charge in [-0.05, 0) is 24.3 Å². The van der Waals surface area contributed by atoms with Crippen molar-refractivity contribution < 1.29 is 32.2 Å². The minimum atomic E-state index is -3.90. The van der Waals surface area contributed by atoms with Crippen LogP contribution in [0.1, 0.15) is 6.42 Å². The molecule has 4 rings (SSSR count). The molecule has 0 atom stereocenters. The first kappa shape index (κ1) is 22.3. The first-order valence-corrected chi connectivity index (χ1v) is 12.2. The van der Waals surface area contributed by atoms with E-state index in [1.165, 1.54) is 42.7 Å².